The first-order valence-electron chi connectivity index (χ1n) is 8.47. The number of hydrogen-bond acceptors (Lipinski definition) is 6. The lowest BCUT2D eigenvalue weighted by Crippen LogP contribution is -2.30. The van der Waals surface area contributed by atoms with Gasteiger partial charge in [0, 0.05) is 17.3 Å². The SMILES string of the molecule is COc1ccc(NC(=O)c2cccc(N3C(=O)[C@@H](C)CS3(=O)=O)c2)cc1OC. The van der Waals surface area contributed by atoms with Gasteiger partial charge in [-0.25, -0.2) is 12.7 Å². The van der Waals surface area contributed by atoms with Crippen molar-refractivity contribution in [3.63, 3.8) is 0 Å². The molecule has 1 aliphatic heterocycles. The average molecular weight is 404 g/mol. The lowest BCUT2D eigenvalue weighted by atomic mass is 10.1. The van der Waals surface area contributed by atoms with E-state index in [-0.39, 0.29) is 17.0 Å². The Morgan fingerprint density at radius 1 is 1.11 bits per heavy atom. The standard InChI is InChI=1S/C19H20N2O6S/c1-12-11-28(24,25)21(19(12)23)15-6-4-5-13(9-15)18(22)20-14-7-8-16(26-2)17(10-14)27-3/h4-10,12H,11H2,1-3H3,(H,20,22)/t12-/m0/s1. The van der Waals surface area contributed by atoms with Gasteiger partial charge in [0.05, 0.1) is 31.6 Å². The van der Waals surface area contributed by atoms with E-state index in [1.165, 1.54) is 38.5 Å². The molecule has 0 saturated carbocycles. The number of sulfonamides is 1. The van der Waals surface area contributed by atoms with Gasteiger partial charge in [0.25, 0.3) is 5.91 Å². The zero-order chi connectivity index (χ0) is 20.5. The Morgan fingerprint density at radius 2 is 1.82 bits per heavy atom. The van der Waals surface area contributed by atoms with Crippen molar-refractivity contribution < 1.29 is 27.5 Å². The lowest BCUT2D eigenvalue weighted by Gasteiger charge is -2.16. The summed E-state index contributed by atoms with van der Waals surface area (Å²) in [7, 11) is -0.737. The van der Waals surface area contributed by atoms with Crippen LogP contribution < -0.4 is 19.1 Å². The largest absolute Gasteiger partial charge is 0.493 e. The Kier molecular flexibility index (Phi) is 5.28. The van der Waals surface area contributed by atoms with Crippen LogP contribution in [0.25, 0.3) is 0 Å². The van der Waals surface area contributed by atoms with E-state index in [0.29, 0.717) is 17.2 Å². The first-order chi connectivity index (χ1) is 13.3. The number of carbonyl (C=O) groups excluding carboxylic acids is 2. The number of carbonyl (C=O) groups is 2. The van der Waals surface area contributed by atoms with E-state index in [9.17, 15) is 18.0 Å². The van der Waals surface area contributed by atoms with Crippen molar-refractivity contribution in [3.05, 3.63) is 48.0 Å². The number of amides is 2. The van der Waals surface area contributed by atoms with Crippen LogP contribution in [0.3, 0.4) is 0 Å². The van der Waals surface area contributed by atoms with Crippen molar-refractivity contribution in [2.45, 2.75) is 6.92 Å². The molecule has 0 unspecified atom stereocenters. The molecule has 1 atom stereocenters. The van der Waals surface area contributed by atoms with E-state index in [0.717, 1.165) is 4.31 Å². The predicted molar refractivity (Wildman–Crippen MR) is 104 cm³/mol. The first-order valence-corrected chi connectivity index (χ1v) is 10.1. The molecule has 9 heteroatoms. The summed E-state index contributed by atoms with van der Waals surface area (Å²) in [5, 5.41) is 2.72. The summed E-state index contributed by atoms with van der Waals surface area (Å²) in [4.78, 5) is 24.9. The van der Waals surface area contributed by atoms with Crippen molar-refractivity contribution in [2.24, 2.45) is 5.92 Å². The van der Waals surface area contributed by atoms with Crippen molar-refractivity contribution in [3.8, 4) is 11.5 Å². The molecule has 1 fully saturated rings. The molecular weight excluding hydrogens is 384 g/mol. The second-order valence-electron chi connectivity index (χ2n) is 6.36. The van der Waals surface area contributed by atoms with Crippen LogP contribution in [0.4, 0.5) is 11.4 Å². The number of rotatable bonds is 5. The summed E-state index contributed by atoms with van der Waals surface area (Å²) < 4.78 is 35.7. The summed E-state index contributed by atoms with van der Waals surface area (Å²) >= 11 is 0. The highest BCUT2D eigenvalue weighted by Gasteiger charge is 2.42. The van der Waals surface area contributed by atoms with Gasteiger partial charge in [-0.1, -0.05) is 13.0 Å². The van der Waals surface area contributed by atoms with Gasteiger partial charge in [-0.3, -0.25) is 9.59 Å². The van der Waals surface area contributed by atoms with Crippen molar-refractivity contribution in [1.29, 1.82) is 0 Å². The lowest BCUT2D eigenvalue weighted by molar-refractivity contribution is -0.119. The third-order valence-corrected chi connectivity index (χ3v) is 6.21. The van der Waals surface area contributed by atoms with Crippen LogP contribution in [0, 0.1) is 5.92 Å². The Balaban J connectivity index is 1.86. The first kappa shape index (κ1) is 19.7. The highest BCUT2D eigenvalue weighted by atomic mass is 32.2. The number of hydrogen-bond donors (Lipinski definition) is 1. The predicted octanol–water partition coefficient (Wildman–Crippen LogP) is 2.27. The molecule has 2 aromatic carbocycles. The molecule has 3 rings (SSSR count). The van der Waals surface area contributed by atoms with Crippen LogP contribution in [0.5, 0.6) is 11.5 Å². The highest BCUT2D eigenvalue weighted by Crippen LogP contribution is 2.31. The normalized spacial score (nSPS) is 18.0. The summed E-state index contributed by atoms with van der Waals surface area (Å²) in [5.41, 5.74) is 0.843. The van der Waals surface area contributed by atoms with Gasteiger partial charge in [0.2, 0.25) is 15.9 Å². The van der Waals surface area contributed by atoms with Gasteiger partial charge in [0.1, 0.15) is 0 Å². The van der Waals surface area contributed by atoms with Crippen LogP contribution in [-0.4, -0.2) is 40.2 Å². The molecule has 1 heterocycles. The van der Waals surface area contributed by atoms with Gasteiger partial charge in [-0.2, -0.15) is 0 Å². The Labute approximate surface area is 163 Å². The Hall–Kier alpha value is -3.07. The third kappa shape index (κ3) is 3.65. The van der Waals surface area contributed by atoms with Gasteiger partial charge in [-0.15, -0.1) is 0 Å². The second-order valence-corrected chi connectivity index (χ2v) is 8.22. The smallest absolute Gasteiger partial charge is 0.255 e. The van der Waals surface area contributed by atoms with Crippen LogP contribution in [0.1, 0.15) is 17.3 Å². The van der Waals surface area contributed by atoms with Crippen LogP contribution >= 0.6 is 0 Å². The topological polar surface area (TPSA) is 102 Å². The molecule has 148 valence electrons. The molecule has 8 nitrogen and oxygen atoms in total. The van der Waals surface area contributed by atoms with E-state index in [1.807, 2.05) is 0 Å². The van der Waals surface area contributed by atoms with Crippen molar-refractivity contribution in [2.75, 3.05) is 29.6 Å². The minimum atomic E-state index is -3.73. The maximum Gasteiger partial charge on any atom is 0.255 e. The molecule has 1 saturated heterocycles. The zero-order valence-electron chi connectivity index (χ0n) is 15.6. The van der Waals surface area contributed by atoms with Gasteiger partial charge in [0.15, 0.2) is 11.5 Å². The number of nitrogens with one attached hydrogen (secondary N) is 1. The number of ether oxygens (including phenoxy) is 2. The van der Waals surface area contributed by atoms with E-state index >= 15 is 0 Å². The maximum absolute atomic E-state index is 12.6. The number of nitrogens with zero attached hydrogens (tertiary/aromatic N) is 1. The molecule has 0 radical (unpaired) electrons. The van der Waals surface area contributed by atoms with E-state index < -0.39 is 27.8 Å². The monoisotopic (exact) mass is 404 g/mol. The minimum absolute atomic E-state index is 0.148. The number of benzene rings is 2. The molecule has 28 heavy (non-hydrogen) atoms. The average Bonchev–Trinajstić information content (AvgIpc) is 2.88. The molecule has 1 N–H and O–H groups in total. The van der Waals surface area contributed by atoms with Gasteiger partial charge < -0.3 is 14.8 Å². The molecular formula is C19H20N2O6S. The fourth-order valence-electron chi connectivity index (χ4n) is 2.98. The summed E-state index contributed by atoms with van der Waals surface area (Å²) in [5.74, 6) is -0.836. The molecule has 1 aliphatic rings. The van der Waals surface area contributed by atoms with Crippen LogP contribution in [-0.2, 0) is 14.8 Å². The molecule has 2 aromatic rings. The molecule has 0 aromatic heterocycles. The summed E-state index contributed by atoms with van der Waals surface area (Å²) in [6, 6.07) is 10.8. The van der Waals surface area contributed by atoms with Gasteiger partial charge in [-0.05, 0) is 30.3 Å². The second kappa shape index (κ2) is 7.51. The van der Waals surface area contributed by atoms with E-state index in [1.54, 1.807) is 25.1 Å². The van der Waals surface area contributed by atoms with E-state index in [2.05, 4.69) is 5.32 Å². The van der Waals surface area contributed by atoms with E-state index in [4.69, 9.17) is 9.47 Å². The zero-order valence-corrected chi connectivity index (χ0v) is 16.4. The van der Waals surface area contributed by atoms with Crippen molar-refractivity contribution in [1.82, 2.24) is 0 Å². The Bertz CT molecular complexity index is 1030. The molecule has 0 bridgehead atoms. The summed E-state index contributed by atoms with van der Waals surface area (Å²) in [6.07, 6.45) is 0. The fraction of sp³-hybridized carbons (Fsp3) is 0.263. The van der Waals surface area contributed by atoms with Crippen LogP contribution in [0.2, 0.25) is 0 Å². The number of methoxy groups -OCH3 is 2. The fourth-order valence-corrected chi connectivity index (χ4v) is 4.79. The maximum atomic E-state index is 12.6. The third-order valence-electron chi connectivity index (χ3n) is 4.34. The minimum Gasteiger partial charge on any atom is -0.493 e. The number of anilines is 2. The highest BCUT2D eigenvalue weighted by molar-refractivity contribution is 7.94. The van der Waals surface area contributed by atoms with Crippen molar-refractivity contribution >= 4 is 33.2 Å². The molecule has 2 amide bonds. The van der Waals surface area contributed by atoms with Crippen LogP contribution in [0.15, 0.2) is 42.5 Å². The Morgan fingerprint density at radius 3 is 2.43 bits per heavy atom. The summed E-state index contributed by atoms with van der Waals surface area (Å²) in [6.45, 7) is 1.56. The quantitative estimate of drug-likeness (QED) is 0.820. The van der Waals surface area contributed by atoms with Gasteiger partial charge >= 0.3 is 0 Å². The molecule has 0 aliphatic carbocycles. The molecule has 0 spiro atoms.